The van der Waals surface area contributed by atoms with Crippen LogP contribution >= 0.6 is 11.3 Å². The third-order valence-electron chi connectivity index (χ3n) is 5.01. The van der Waals surface area contributed by atoms with Crippen molar-refractivity contribution in [2.24, 2.45) is 5.92 Å². The molecule has 3 atom stereocenters. The van der Waals surface area contributed by atoms with Gasteiger partial charge in [0.15, 0.2) is 0 Å². The highest BCUT2D eigenvalue weighted by Gasteiger charge is 2.40. The third kappa shape index (κ3) is 2.88. The summed E-state index contributed by atoms with van der Waals surface area (Å²) in [6, 6.07) is 1.90. The van der Waals surface area contributed by atoms with Gasteiger partial charge in [-0.3, -0.25) is 9.69 Å². The van der Waals surface area contributed by atoms with Gasteiger partial charge in [0.2, 0.25) is 4.96 Å². The average Bonchev–Trinajstić information content (AvgIpc) is 3.18. The van der Waals surface area contributed by atoms with Gasteiger partial charge in [0.25, 0.3) is 5.56 Å². The molecule has 130 valence electrons. The van der Waals surface area contributed by atoms with E-state index in [4.69, 9.17) is 4.74 Å². The van der Waals surface area contributed by atoms with Crippen molar-refractivity contribution >= 4 is 16.3 Å². The van der Waals surface area contributed by atoms with Gasteiger partial charge in [-0.15, -0.1) is 0 Å². The fourth-order valence-corrected chi connectivity index (χ4v) is 4.66. The highest BCUT2D eigenvalue weighted by atomic mass is 32.1. The number of fused-ring (bicyclic) bond motifs is 2. The predicted molar refractivity (Wildman–Crippen MR) is 90.3 cm³/mol. The number of morpholine rings is 1. The molecule has 0 spiro atoms. The molecule has 0 aromatic carbocycles. The van der Waals surface area contributed by atoms with Crippen LogP contribution in [0, 0.1) is 5.92 Å². The Morgan fingerprint density at radius 3 is 3.12 bits per heavy atom. The van der Waals surface area contributed by atoms with Crippen molar-refractivity contribution in [3.05, 3.63) is 27.1 Å². The van der Waals surface area contributed by atoms with Crippen molar-refractivity contribution in [3.63, 3.8) is 0 Å². The SMILES string of the molecule is CCc1nn2c(=O)cc(CN3CCO[C@H]4C[C@H](CO)C[C@@H]43)nc2s1. The Hall–Kier alpha value is -1.35. The summed E-state index contributed by atoms with van der Waals surface area (Å²) < 4.78 is 7.26. The minimum atomic E-state index is -0.115. The van der Waals surface area contributed by atoms with E-state index in [1.54, 1.807) is 6.07 Å². The van der Waals surface area contributed by atoms with E-state index in [0.717, 1.165) is 36.5 Å². The van der Waals surface area contributed by atoms with Crippen molar-refractivity contribution < 1.29 is 9.84 Å². The van der Waals surface area contributed by atoms with Crippen molar-refractivity contribution in [1.82, 2.24) is 19.5 Å². The molecular formula is C16H22N4O3S. The molecule has 1 aliphatic heterocycles. The summed E-state index contributed by atoms with van der Waals surface area (Å²) in [6.07, 6.45) is 2.86. The van der Waals surface area contributed by atoms with Crippen LogP contribution in [0.15, 0.2) is 10.9 Å². The first-order chi connectivity index (χ1) is 11.7. The molecule has 0 bridgehead atoms. The van der Waals surface area contributed by atoms with Gasteiger partial charge in [0.1, 0.15) is 5.01 Å². The molecule has 2 aliphatic rings. The molecule has 24 heavy (non-hydrogen) atoms. The molecule has 0 radical (unpaired) electrons. The number of aliphatic hydroxyl groups excluding tert-OH is 1. The minimum Gasteiger partial charge on any atom is -0.396 e. The van der Waals surface area contributed by atoms with Crippen molar-refractivity contribution in [3.8, 4) is 0 Å². The van der Waals surface area contributed by atoms with Gasteiger partial charge in [-0.2, -0.15) is 9.61 Å². The van der Waals surface area contributed by atoms with Crippen LogP contribution in [-0.2, 0) is 17.7 Å². The van der Waals surface area contributed by atoms with Gasteiger partial charge >= 0.3 is 0 Å². The Balaban J connectivity index is 1.58. The number of nitrogens with zero attached hydrogens (tertiary/aromatic N) is 4. The zero-order valence-corrected chi connectivity index (χ0v) is 14.5. The molecule has 8 heteroatoms. The first-order valence-corrected chi connectivity index (χ1v) is 9.34. The summed E-state index contributed by atoms with van der Waals surface area (Å²) in [7, 11) is 0. The average molecular weight is 350 g/mol. The second-order valence-electron chi connectivity index (χ2n) is 6.60. The molecule has 2 aromatic rings. The zero-order valence-electron chi connectivity index (χ0n) is 13.7. The van der Waals surface area contributed by atoms with Gasteiger partial charge in [-0.1, -0.05) is 18.3 Å². The molecule has 0 unspecified atom stereocenters. The Labute approximate surface area is 143 Å². The Morgan fingerprint density at radius 1 is 1.46 bits per heavy atom. The highest BCUT2D eigenvalue weighted by Crippen LogP contribution is 2.34. The molecule has 1 aliphatic carbocycles. The maximum atomic E-state index is 12.3. The molecule has 1 saturated heterocycles. The monoisotopic (exact) mass is 350 g/mol. The number of hydrogen-bond acceptors (Lipinski definition) is 7. The number of ether oxygens (including phenoxy) is 1. The number of aryl methyl sites for hydroxylation is 1. The summed E-state index contributed by atoms with van der Waals surface area (Å²) in [6.45, 7) is 4.42. The molecule has 2 aromatic heterocycles. The highest BCUT2D eigenvalue weighted by molar-refractivity contribution is 7.16. The normalized spacial score (nSPS) is 27.7. The Kier molecular flexibility index (Phi) is 4.38. The molecule has 1 N–H and O–H groups in total. The first-order valence-electron chi connectivity index (χ1n) is 8.53. The summed E-state index contributed by atoms with van der Waals surface area (Å²) in [5, 5.41) is 14.6. The number of rotatable bonds is 4. The maximum Gasteiger partial charge on any atom is 0.275 e. The Morgan fingerprint density at radius 2 is 2.33 bits per heavy atom. The Bertz CT molecular complexity index is 789. The van der Waals surface area contributed by atoms with Gasteiger partial charge in [-0.25, -0.2) is 4.98 Å². The van der Waals surface area contributed by atoms with Crippen LogP contribution in [0.25, 0.3) is 4.96 Å². The number of hydrogen-bond donors (Lipinski definition) is 1. The summed E-state index contributed by atoms with van der Waals surface area (Å²) in [4.78, 5) is 19.9. The van der Waals surface area contributed by atoms with E-state index in [2.05, 4.69) is 15.0 Å². The van der Waals surface area contributed by atoms with E-state index in [1.807, 2.05) is 6.92 Å². The van der Waals surface area contributed by atoms with Crippen molar-refractivity contribution in [1.29, 1.82) is 0 Å². The smallest absolute Gasteiger partial charge is 0.275 e. The maximum absolute atomic E-state index is 12.3. The molecule has 7 nitrogen and oxygen atoms in total. The lowest BCUT2D eigenvalue weighted by atomic mass is 10.1. The number of aromatic nitrogens is 3. The van der Waals surface area contributed by atoms with E-state index in [0.29, 0.717) is 30.1 Å². The summed E-state index contributed by atoms with van der Waals surface area (Å²) >= 11 is 1.48. The molecular weight excluding hydrogens is 328 g/mol. The van der Waals surface area contributed by atoms with Crippen molar-refractivity contribution in [2.45, 2.75) is 44.9 Å². The van der Waals surface area contributed by atoms with Gasteiger partial charge < -0.3 is 9.84 Å². The zero-order chi connectivity index (χ0) is 16.7. The fraction of sp³-hybridized carbons (Fsp3) is 0.688. The van der Waals surface area contributed by atoms with Crippen LogP contribution in [0.3, 0.4) is 0 Å². The largest absolute Gasteiger partial charge is 0.396 e. The molecule has 3 heterocycles. The molecule has 0 amide bonds. The van der Waals surface area contributed by atoms with Crippen molar-refractivity contribution in [2.75, 3.05) is 19.8 Å². The molecule has 4 rings (SSSR count). The van der Waals surface area contributed by atoms with Crippen LogP contribution in [0.2, 0.25) is 0 Å². The molecule has 2 fully saturated rings. The lowest BCUT2D eigenvalue weighted by Crippen LogP contribution is -2.48. The van der Waals surface area contributed by atoms with E-state index in [1.165, 1.54) is 15.9 Å². The standard InChI is InChI=1S/C16H22N4O3S/c1-2-14-18-20-15(22)7-11(17-16(20)24-14)8-19-3-4-23-13-6-10(9-21)5-12(13)19/h7,10,12-13,21H,2-6,8-9H2,1H3/t10-,12+,13+/m1/s1. The number of aliphatic hydroxyl groups is 1. The van der Waals surface area contributed by atoms with E-state index in [-0.39, 0.29) is 18.3 Å². The summed E-state index contributed by atoms with van der Waals surface area (Å²) in [5.74, 6) is 0.315. The second kappa shape index (κ2) is 6.51. The van der Waals surface area contributed by atoms with Crippen LogP contribution in [0.5, 0.6) is 0 Å². The first kappa shape index (κ1) is 16.1. The predicted octanol–water partition coefficient (Wildman–Crippen LogP) is 0.685. The topological polar surface area (TPSA) is 80.0 Å². The van der Waals surface area contributed by atoms with E-state index < -0.39 is 0 Å². The van der Waals surface area contributed by atoms with Crippen LogP contribution in [-0.4, -0.2) is 56.5 Å². The minimum absolute atomic E-state index is 0.115. The van der Waals surface area contributed by atoms with Crippen LogP contribution < -0.4 is 5.56 Å². The van der Waals surface area contributed by atoms with Crippen LogP contribution in [0.4, 0.5) is 0 Å². The molecule has 1 saturated carbocycles. The van der Waals surface area contributed by atoms with Gasteiger partial charge in [0, 0.05) is 31.8 Å². The second-order valence-corrected chi connectivity index (χ2v) is 7.64. The van der Waals surface area contributed by atoms with Gasteiger partial charge in [0.05, 0.1) is 18.4 Å². The van der Waals surface area contributed by atoms with E-state index >= 15 is 0 Å². The fourth-order valence-electron chi connectivity index (χ4n) is 3.80. The van der Waals surface area contributed by atoms with Crippen LogP contribution in [0.1, 0.15) is 30.5 Å². The summed E-state index contributed by atoms with van der Waals surface area (Å²) in [5.41, 5.74) is 0.676. The quantitative estimate of drug-likeness (QED) is 0.874. The lowest BCUT2D eigenvalue weighted by molar-refractivity contribution is -0.0594. The van der Waals surface area contributed by atoms with Gasteiger partial charge in [-0.05, 0) is 25.2 Å². The third-order valence-corrected chi connectivity index (χ3v) is 6.07. The lowest BCUT2D eigenvalue weighted by Gasteiger charge is -2.37. The van der Waals surface area contributed by atoms with E-state index in [9.17, 15) is 9.90 Å².